The zero-order valence-electron chi connectivity index (χ0n) is 20.7. The van der Waals surface area contributed by atoms with Crippen molar-refractivity contribution in [3.63, 3.8) is 0 Å². The van der Waals surface area contributed by atoms with Gasteiger partial charge in [0.25, 0.3) is 0 Å². The second-order valence-electron chi connectivity index (χ2n) is 7.90. The Hall–Kier alpha value is -3.26. The molecule has 0 saturated carbocycles. The lowest BCUT2D eigenvalue weighted by atomic mass is 9.99. The number of hydrogen-bond donors (Lipinski definition) is 1. The Balaban J connectivity index is 2.63. The summed E-state index contributed by atoms with van der Waals surface area (Å²) in [5, 5.41) is 3.06. The SMILES string of the molecule is CC(=O)OC[C@@H](OC(C)=O)[C@@H](OC(C)=O)[C@H](OC(C)=O)[C@H]1NC(=S)N(c2ccccc2Br)[C@@H]1OC(C)=O. The molecular weight excluding hydrogens is 576 g/mol. The number of para-hydroxylation sites is 1. The van der Waals surface area contributed by atoms with Crippen molar-refractivity contribution in [3.05, 3.63) is 28.7 Å². The molecule has 0 aliphatic carbocycles. The van der Waals surface area contributed by atoms with E-state index in [1.165, 1.54) is 11.8 Å². The van der Waals surface area contributed by atoms with Crippen LogP contribution in [-0.4, -0.2) is 72.1 Å². The highest BCUT2D eigenvalue weighted by atomic mass is 79.9. The van der Waals surface area contributed by atoms with Crippen molar-refractivity contribution in [2.24, 2.45) is 0 Å². The molecule has 0 bridgehead atoms. The molecule has 202 valence electrons. The van der Waals surface area contributed by atoms with Gasteiger partial charge in [-0.15, -0.1) is 0 Å². The van der Waals surface area contributed by atoms with Crippen LogP contribution in [0.1, 0.15) is 34.6 Å². The Kier molecular flexibility index (Phi) is 10.8. The van der Waals surface area contributed by atoms with E-state index < -0.39 is 67.0 Å². The van der Waals surface area contributed by atoms with Gasteiger partial charge in [0.15, 0.2) is 23.4 Å². The number of carbonyl (C=O) groups excluding carboxylic acids is 5. The molecule has 37 heavy (non-hydrogen) atoms. The predicted octanol–water partition coefficient (Wildman–Crippen LogP) is 1.76. The first-order chi connectivity index (χ1) is 17.3. The number of esters is 5. The summed E-state index contributed by atoms with van der Waals surface area (Å²) >= 11 is 8.96. The number of nitrogens with zero attached hydrogens (tertiary/aromatic N) is 1. The van der Waals surface area contributed by atoms with Crippen LogP contribution in [-0.2, 0) is 47.7 Å². The number of halogens is 1. The summed E-state index contributed by atoms with van der Waals surface area (Å²) < 4.78 is 27.5. The van der Waals surface area contributed by atoms with Crippen molar-refractivity contribution in [3.8, 4) is 0 Å². The largest absolute Gasteiger partial charge is 0.462 e. The van der Waals surface area contributed by atoms with E-state index in [2.05, 4.69) is 21.2 Å². The summed E-state index contributed by atoms with van der Waals surface area (Å²) in [5.41, 5.74) is 0.524. The smallest absolute Gasteiger partial charge is 0.304 e. The maximum absolute atomic E-state index is 12.2. The minimum Gasteiger partial charge on any atom is -0.462 e. The Morgan fingerprint density at radius 3 is 2.03 bits per heavy atom. The van der Waals surface area contributed by atoms with E-state index in [0.717, 1.165) is 27.7 Å². The molecule has 0 aromatic heterocycles. The highest BCUT2D eigenvalue weighted by Gasteiger charge is 2.52. The summed E-state index contributed by atoms with van der Waals surface area (Å²) in [6.07, 6.45) is -5.52. The number of anilines is 1. The number of rotatable bonds is 10. The Labute approximate surface area is 227 Å². The molecule has 14 heteroatoms. The summed E-state index contributed by atoms with van der Waals surface area (Å²) in [6, 6.07) is 5.85. The van der Waals surface area contributed by atoms with Crippen molar-refractivity contribution in [1.29, 1.82) is 0 Å². The summed E-state index contributed by atoms with van der Waals surface area (Å²) in [4.78, 5) is 61.2. The van der Waals surface area contributed by atoms with Crippen LogP contribution < -0.4 is 10.2 Å². The van der Waals surface area contributed by atoms with E-state index in [4.69, 9.17) is 35.9 Å². The molecule has 1 aromatic rings. The number of benzene rings is 1. The van der Waals surface area contributed by atoms with Gasteiger partial charge in [-0.25, -0.2) is 0 Å². The number of ether oxygens (including phenoxy) is 5. The third-order valence-electron chi connectivity index (χ3n) is 4.89. The van der Waals surface area contributed by atoms with E-state index in [1.807, 2.05) is 0 Å². The van der Waals surface area contributed by atoms with Crippen molar-refractivity contribution in [1.82, 2.24) is 5.32 Å². The van der Waals surface area contributed by atoms with E-state index in [0.29, 0.717) is 10.2 Å². The first-order valence-corrected chi connectivity index (χ1v) is 12.2. The molecule has 2 rings (SSSR count). The monoisotopic (exact) mass is 602 g/mol. The van der Waals surface area contributed by atoms with Gasteiger partial charge in [0.1, 0.15) is 12.6 Å². The van der Waals surface area contributed by atoms with Crippen molar-refractivity contribution < 1.29 is 47.7 Å². The van der Waals surface area contributed by atoms with Crippen LogP contribution in [0.5, 0.6) is 0 Å². The second-order valence-corrected chi connectivity index (χ2v) is 9.14. The number of hydrogen-bond acceptors (Lipinski definition) is 11. The molecule has 1 saturated heterocycles. The first kappa shape index (κ1) is 30.0. The molecule has 1 aliphatic rings. The van der Waals surface area contributed by atoms with Crippen LogP contribution in [0.2, 0.25) is 0 Å². The standard InChI is InChI=1S/C23H27BrN2O10S/c1-11(27)32-10-18(33-12(2)28)20(34-13(3)29)21(35-14(4)30)19-22(36-15(5)31)26(23(37)25-19)17-9-7-6-8-16(17)24/h6-9,18-22H,10H2,1-5H3,(H,25,37)/t18-,19-,20-,21-,22-/m1/s1. The second kappa shape index (κ2) is 13.3. The van der Waals surface area contributed by atoms with Gasteiger partial charge in [0, 0.05) is 39.1 Å². The van der Waals surface area contributed by atoms with E-state index in [9.17, 15) is 24.0 Å². The summed E-state index contributed by atoms with van der Waals surface area (Å²) in [7, 11) is 0. The van der Waals surface area contributed by atoms with Crippen molar-refractivity contribution >= 4 is 68.8 Å². The van der Waals surface area contributed by atoms with Crippen LogP contribution in [0.15, 0.2) is 28.7 Å². The third kappa shape index (κ3) is 8.39. The van der Waals surface area contributed by atoms with Gasteiger partial charge in [-0.05, 0) is 40.3 Å². The molecule has 1 heterocycles. The van der Waals surface area contributed by atoms with Gasteiger partial charge in [-0.3, -0.25) is 28.9 Å². The molecule has 1 N–H and O–H groups in total. The summed E-state index contributed by atoms with van der Waals surface area (Å²) in [6.45, 7) is 5.12. The van der Waals surface area contributed by atoms with Gasteiger partial charge in [0.05, 0.1) is 5.69 Å². The topological polar surface area (TPSA) is 147 Å². The van der Waals surface area contributed by atoms with Crippen LogP contribution in [0, 0.1) is 0 Å². The molecule has 0 unspecified atom stereocenters. The van der Waals surface area contributed by atoms with E-state index in [-0.39, 0.29) is 5.11 Å². The third-order valence-corrected chi connectivity index (χ3v) is 5.87. The van der Waals surface area contributed by atoms with E-state index >= 15 is 0 Å². The van der Waals surface area contributed by atoms with Crippen LogP contribution in [0.3, 0.4) is 0 Å². The maximum Gasteiger partial charge on any atom is 0.304 e. The minimum absolute atomic E-state index is 0.103. The highest BCUT2D eigenvalue weighted by molar-refractivity contribution is 9.10. The molecule has 0 radical (unpaired) electrons. The van der Waals surface area contributed by atoms with Crippen LogP contribution in [0.4, 0.5) is 5.69 Å². The molecule has 1 fully saturated rings. The fourth-order valence-electron chi connectivity index (χ4n) is 3.68. The first-order valence-electron chi connectivity index (χ1n) is 11.0. The Morgan fingerprint density at radius 1 is 0.919 bits per heavy atom. The molecular formula is C23H27BrN2O10S. The lowest BCUT2D eigenvalue weighted by Gasteiger charge is -2.36. The van der Waals surface area contributed by atoms with Gasteiger partial charge in [-0.1, -0.05) is 12.1 Å². The quantitative estimate of drug-likeness (QED) is 0.236. The molecule has 5 atom stereocenters. The summed E-state index contributed by atoms with van der Waals surface area (Å²) in [5.74, 6) is -3.75. The molecule has 12 nitrogen and oxygen atoms in total. The molecule has 1 aliphatic heterocycles. The zero-order chi connectivity index (χ0) is 27.9. The van der Waals surface area contributed by atoms with Gasteiger partial charge >= 0.3 is 29.8 Å². The fraction of sp³-hybridized carbons (Fsp3) is 0.478. The van der Waals surface area contributed by atoms with Crippen LogP contribution in [0.25, 0.3) is 0 Å². The van der Waals surface area contributed by atoms with Crippen molar-refractivity contribution in [2.75, 3.05) is 11.5 Å². The van der Waals surface area contributed by atoms with E-state index in [1.54, 1.807) is 24.3 Å². The van der Waals surface area contributed by atoms with Gasteiger partial charge < -0.3 is 29.0 Å². The lowest BCUT2D eigenvalue weighted by Crippen LogP contribution is -2.58. The number of carbonyl (C=O) groups is 5. The normalized spacial score (nSPS) is 19.1. The lowest BCUT2D eigenvalue weighted by molar-refractivity contribution is -0.194. The number of nitrogens with one attached hydrogen (secondary N) is 1. The minimum atomic E-state index is -1.50. The molecule has 1 aromatic carbocycles. The van der Waals surface area contributed by atoms with Gasteiger partial charge in [-0.2, -0.15) is 0 Å². The fourth-order valence-corrected chi connectivity index (χ4v) is 4.50. The molecule has 0 amide bonds. The Bertz CT molecular complexity index is 1070. The van der Waals surface area contributed by atoms with Crippen LogP contribution >= 0.6 is 28.1 Å². The predicted molar refractivity (Wildman–Crippen MR) is 135 cm³/mol. The maximum atomic E-state index is 12.2. The Morgan fingerprint density at radius 2 is 1.51 bits per heavy atom. The zero-order valence-corrected chi connectivity index (χ0v) is 23.1. The average Bonchev–Trinajstić information content (AvgIpc) is 3.08. The molecule has 0 spiro atoms. The van der Waals surface area contributed by atoms with Crippen molar-refractivity contribution in [2.45, 2.75) is 65.2 Å². The average molecular weight is 603 g/mol. The van der Waals surface area contributed by atoms with Gasteiger partial charge in [0.2, 0.25) is 6.23 Å². The number of thiocarbonyl (C=S) groups is 1. The highest BCUT2D eigenvalue weighted by Crippen LogP contribution is 2.34.